The highest BCUT2D eigenvalue weighted by Crippen LogP contribution is 2.21. The van der Waals surface area contributed by atoms with Gasteiger partial charge in [-0.25, -0.2) is 0 Å². The van der Waals surface area contributed by atoms with Crippen molar-refractivity contribution < 1.29 is 9.53 Å². The van der Waals surface area contributed by atoms with Gasteiger partial charge in [0, 0.05) is 4.47 Å². The number of unbranched alkanes of at least 4 members (excludes halogenated alkanes) is 1. The van der Waals surface area contributed by atoms with Crippen LogP contribution in [0.15, 0.2) is 53.0 Å². The zero-order chi connectivity index (χ0) is 17.4. The first kappa shape index (κ1) is 18.4. The summed E-state index contributed by atoms with van der Waals surface area (Å²) in [5.74, 6) is 0.263. The first-order valence-corrected chi connectivity index (χ1v) is 8.90. The van der Waals surface area contributed by atoms with Gasteiger partial charge in [-0.05, 0) is 58.8 Å². The molecule has 2 aromatic rings. The standard InChI is InChI=1S/C18H19BrN2O2S/c1-2-3-12-23-16-11-7-4-8-13(16)17(22)21-18(24)20-15-10-6-5-9-14(15)19/h4-11H,2-3,12H2,1H3,(H2,20,21,22,24). The highest BCUT2D eigenvalue weighted by atomic mass is 79.9. The summed E-state index contributed by atoms with van der Waals surface area (Å²) in [4.78, 5) is 12.5. The zero-order valence-corrected chi connectivity index (χ0v) is 15.7. The van der Waals surface area contributed by atoms with Crippen LogP contribution in [0.3, 0.4) is 0 Å². The molecule has 2 N–H and O–H groups in total. The number of anilines is 1. The van der Waals surface area contributed by atoms with E-state index in [1.807, 2.05) is 30.3 Å². The van der Waals surface area contributed by atoms with Crippen molar-refractivity contribution in [1.29, 1.82) is 0 Å². The van der Waals surface area contributed by atoms with Gasteiger partial charge in [0.2, 0.25) is 0 Å². The van der Waals surface area contributed by atoms with Crippen LogP contribution >= 0.6 is 28.1 Å². The average Bonchev–Trinajstić information content (AvgIpc) is 2.57. The van der Waals surface area contributed by atoms with Crippen LogP contribution in [-0.4, -0.2) is 17.6 Å². The van der Waals surface area contributed by atoms with Crippen LogP contribution in [0, 0.1) is 0 Å². The van der Waals surface area contributed by atoms with Crippen LogP contribution in [-0.2, 0) is 0 Å². The maximum Gasteiger partial charge on any atom is 0.261 e. The number of halogens is 1. The summed E-state index contributed by atoms with van der Waals surface area (Å²) in [5, 5.41) is 5.91. The average molecular weight is 407 g/mol. The third kappa shape index (κ3) is 5.32. The zero-order valence-electron chi connectivity index (χ0n) is 13.3. The van der Waals surface area contributed by atoms with Crippen molar-refractivity contribution in [2.45, 2.75) is 19.8 Å². The molecule has 2 aromatic carbocycles. The molecule has 0 aliphatic rings. The fraction of sp³-hybridized carbons (Fsp3) is 0.222. The largest absolute Gasteiger partial charge is 0.493 e. The third-order valence-electron chi connectivity index (χ3n) is 3.24. The number of carbonyl (C=O) groups excluding carboxylic acids is 1. The molecule has 0 atom stereocenters. The molecule has 0 spiro atoms. The van der Waals surface area contributed by atoms with E-state index in [1.165, 1.54) is 0 Å². The summed E-state index contributed by atoms with van der Waals surface area (Å²) in [5.41, 5.74) is 1.25. The SMILES string of the molecule is CCCCOc1ccccc1C(=O)NC(=S)Nc1ccccc1Br. The smallest absolute Gasteiger partial charge is 0.261 e. The van der Waals surface area contributed by atoms with E-state index in [4.69, 9.17) is 17.0 Å². The fourth-order valence-corrected chi connectivity index (χ4v) is 2.58. The molecule has 0 fully saturated rings. The number of hydrogen-bond donors (Lipinski definition) is 2. The van der Waals surface area contributed by atoms with Gasteiger partial charge >= 0.3 is 0 Å². The van der Waals surface area contributed by atoms with Gasteiger partial charge in [-0.15, -0.1) is 0 Å². The number of carbonyl (C=O) groups is 1. The number of thiocarbonyl (C=S) groups is 1. The van der Waals surface area contributed by atoms with Crippen molar-refractivity contribution in [3.05, 3.63) is 58.6 Å². The topological polar surface area (TPSA) is 50.4 Å². The minimum atomic E-state index is -0.299. The predicted octanol–water partition coefficient (Wildman–Crippen LogP) is 4.75. The molecule has 0 saturated carbocycles. The Balaban J connectivity index is 2.01. The van der Waals surface area contributed by atoms with Crippen molar-refractivity contribution >= 4 is 44.9 Å². The molecule has 6 heteroatoms. The van der Waals surface area contributed by atoms with Crippen molar-refractivity contribution in [3.63, 3.8) is 0 Å². The Morgan fingerprint density at radius 2 is 1.88 bits per heavy atom. The van der Waals surface area contributed by atoms with Crippen LogP contribution < -0.4 is 15.4 Å². The van der Waals surface area contributed by atoms with Crippen molar-refractivity contribution in [2.24, 2.45) is 0 Å². The Labute approximate surface area is 155 Å². The van der Waals surface area contributed by atoms with Crippen molar-refractivity contribution in [1.82, 2.24) is 5.32 Å². The summed E-state index contributed by atoms with van der Waals surface area (Å²) < 4.78 is 6.55. The van der Waals surface area contributed by atoms with Crippen LogP contribution in [0.4, 0.5) is 5.69 Å². The molecular formula is C18H19BrN2O2S. The summed E-state index contributed by atoms with van der Waals surface area (Å²) in [6, 6.07) is 14.7. The summed E-state index contributed by atoms with van der Waals surface area (Å²) in [6.45, 7) is 2.67. The van der Waals surface area contributed by atoms with Gasteiger partial charge < -0.3 is 10.1 Å². The highest BCUT2D eigenvalue weighted by Gasteiger charge is 2.14. The number of rotatable bonds is 6. The Bertz CT molecular complexity index is 722. The monoisotopic (exact) mass is 406 g/mol. The molecule has 126 valence electrons. The van der Waals surface area contributed by atoms with Gasteiger partial charge in [-0.2, -0.15) is 0 Å². The Morgan fingerprint density at radius 3 is 2.62 bits per heavy atom. The minimum Gasteiger partial charge on any atom is -0.493 e. The molecule has 0 aliphatic carbocycles. The molecule has 4 nitrogen and oxygen atoms in total. The maximum absolute atomic E-state index is 12.5. The fourth-order valence-electron chi connectivity index (χ4n) is 1.99. The predicted molar refractivity (Wildman–Crippen MR) is 105 cm³/mol. The maximum atomic E-state index is 12.5. The second kappa shape index (κ2) is 9.39. The second-order valence-electron chi connectivity index (χ2n) is 5.09. The van der Waals surface area contributed by atoms with E-state index in [2.05, 4.69) is 33.5 Å². The molecule has 1 amide bonds. The Hall–Kier alpha value is -1.92. The molecular weight excluding hydrogens is 388 g/mol. The van der Waals surface area contributed by atoms with Gasteiger partial charge in [0.15, 0.2) is 5.11 Å². The lowest BCUT2D eigenvalue weighted by Gasteiger charge is -2.13. The van der Waals surface area contributed by atoms with Crippen LogP contribution in [0.5, 0.6) is 5.75 Å². The van der Waals surface area contributed by atoms with E-state index in [0.29, 0.717) is 17.9 Å². The van der Waals surface area contributed by atoms with E-state index >= 15 is 0 Å². The van der Waals surface area contributed by atoms with Gasteiger partial charge in [0.1, 0.15) is 5.75 Å². The molecule has 0 saturated heterocycles. The molecule has 0 radical (unpaired) electrons. The van der Waals surface area contributed by atoms with Gasteiger partial charge in [0.25, 0.3) is 5.91 Å². The molecule has 0 aromatic heterocycles. The van der Waals surface area contributed by atoms with E-state index in [0.717, 1.165) is 23.0 Å². The first-order valence-electron chi connectivity index (χ1n) is 7.70. The van der Waals surface area contributed by atoms with Crippen molar-refractivity contribution in [2.75, 3.05) is 11.9 Å². The van der Waals surface area contributed by atoms with Crippen LogP contribution in [0.1, 0.15) is 30.1 Å². The molecule has 2 rings (SSSR count). The molecule has 24 heavy (non-hydrogen) atoms. The van der Waals surface area contributed by atoms with Crippen molar-refractivity contribution in [3.8, 4) is 5.75 Å². The first-order chi connectivity index (χ1) is 11.6. The molecule has 0 heterocycles. The normalized spacial score (nSPS) is 10.1. The number of amides is 1. The van der Waals surface area contributed by atoms with E-state index < -0.39 is 0 Å². The number of nitrogens with one attached hydrogen (secondary N) is 2. The minimum absolute atomic E-state index is 0.232. The quantitative estimate of drug-likeness (QED) is 0.536. The van der Waals surface area contributed by atoms with Crippen LogP contribution in [0.2, 0.25) is 0 Å². The number of ether oxygens (including phenoxy) is 1. The number of benzene rings is 2. The lowest BCUT2D eigenvalue weighted by molar-refractivity contribution is 0.0973. The highest BCUT2D eigenvalue weighted by molar-refractivity contribution is 9.10. The van der Waals surface area contributed by atoms with E-state index in [-0.39, 0.29) is 11.0 Å². The molecule has 0 unspecified atom stereocenters. The van der Waals surface area contributed by atoms with Gasteiger partial charge in [-0.1, -0.05) is 37.6 Å². The summed E-state index contributed by atoms with van der Waals surface area (Å²) in [6.07, 6.45) is 1.98. The molecule has 0 aliphatic heterocycles. The number of para-hydroxylation sites is 2. The number of hydrogen-bond acceptors (Lipinski definition) is 3. The summed E-state index contributed by atoms with van der Waals surface area (Å²) >= 11 is 8.64. The van der Waals surface area contributed by atoms with E-state index in [9.17, 15) is 4.79 Å². The Kier molecular flexibility index (Phi) is 7.21. The lowest BCUT2D eigenvalue weighted by atomic mass is 10.2. The van der Waals surface area contributed by atoms with Crippen LogP contribution in [0.25, 0.3) is 0 Å². The summed E-state index contributed by atoms with van der Waals surface area (Å²) in [7, 11) is 0. The molecule has 0 bridgehead atoms. The van der Waals surface area contributed by atoms with E-state index in [1.54, 1.807) is 18.2 Å². The lowest BCUT2D eigenvalue weighted by Crippen LogP contribution is -2.34. The van der Waals surface area contributed by atoms with Gasteiger partial charge in [-0.3, -0.25) is 10.1 Å². The third-order valence-corrected chi connectivity index (χ3v) is 4.13. The second-order valence-corrected chi connectivity index (χ2v) is 6.35. The Morgan fingerprint density at radius 1 is 1.17 bits per heavy atom. The van der Waals surface area contributed by atoms with Gasteiger partial charge in [0.05, 0.1) is 17.9 Å².